The van der Waals surface area contributed by atoms with Crippen LogP contribution in [0, 0.1) is 6.92 Å². The molecule has 1 aromatic heterocycles. The molecule has 100 valence electrons. The molecule has 18 heavy (non-hydrogen) atoms. The van der Waals surface area contributed by atoms with Crippen LogP contribution in [0.15, 0.2) is 31.5 Å². The molecule has 0 amide bonds. The highest BCUT2D eigenvalue weighted by atomic mass is 15.2. The van der Waals surface area contributed by atoms with E-state index in [1.807, 2.05) is 25.6 Å². The van der Waals surface area contributed by atoms with Crippen LogP contribution in [0.1, 0.15) is 38.3 Å². The van der Waals surface area contributed by atoms with Crippen LogP contribution in [0.3, 0.4) is 0 Å². The zero-order chi connectivity index (χ0) is 14.1. The van der Waals surface area contributed by atoms with E-state index in [1.54, 1.807) is 0 Å². The first-order chi connectivity index (χ1) is 8.70. The average Bonchev–Trinajstić information content (AvgIpc) is 2.74. The molecule has 0 aliphatic carbocycles. The molecule has 0 spiro atoms. The predicted molar refractivity (Wildman–Crippen MR) is 82.0 cm³/mol. The summed E-state index contributed by atoms with van der Waals surface area (Å²) in [6.07, 6.45) is 4.44. The van der Waals surface area contributed by atoms with Gasteiger partial charge in [-0.1, -0.05) is 27.2 Å². The highest BCUT2D eigenvalue weighted by Gasteiger charge is 2.03. The Labute approximate surface area is 111 Å². The summed E-state index contributed by atoms with van der Waals surface area (Å²) >= 11 is 0. The smallest absolute Gasteiger partial charge is 0.0926 e. The highest BCUT2D eigenvalue weighted by Crippen LogP contribution is 2.19. The monoisotopic (exact) mass is 246 g/mol. The largest absolute Gasteiger partial charge is 0.275 e. The van der Waals surface area contributed by atoms with Gasteiger partial charge in [0.05, 0.1) is 5.52 Å². The molecule has 1 aromatic carbocycles. The van der Waals surface area contributed by atoms with Crippen molar-refractivity contribution < 1.29 is 0 Å². The number of benzene rings is 1. The van der Waals surface area contributed by atoms with E-state index in [0.717, 1.165) is 11.9 Å². The molecule has 0 saturated carbocycles. The summed E-state index contributed by atoms with van der Waals surface area (Å²) in [7, 11) is 1.97. The van der Waals surface area contributed by atoms with Crippen LogP contribution in [-0.4, -0.2) is 9.78 Å². The lowest BCUT2D eigenvalue weighted by Gasteiger charge is -2.03. The number of aromatic nitrogens is 2. The van der Waals surface area contributed by atoms with E-state index in [1.165, 1.54) is 22.9 Å². The van der Waals surface area contributed by atoms with Crippen molar-refractivity contribution in [2.45, 2.75) is 40.5 Å². The lowest BCUT2D eigenvalue weighted by Crippen LogP contribution is -1.88. The normalized spacial score (nSPS) is 9.17. The Hall–Kier alpha value is -1.57. The van der Waals surface area contributed by atoms with Crippen molar-refractivity contribution in [1.29, 1.82) is 0 Å². The van der Waals surface area contributed by atoms with Gasteiger partial charge in [0.2, 0.25) is 0 Å². The number of aryl methyl sites for hydroxylation is 3. The molecule has 2 rings (SSSR count). The maximum absolute atomic E-state index is 4.39. The molecule has 2 aromatic rings. The maximum atomic E-state index is 4.39. The first-order valence-corrected chi connectivity index (χ1v) is 6.63. The van der Waals surface area contributed by atoms with Gasteiger partial charge in [-0.05, 0) is 36.6 Å². The Morgan fingerprint density at radius 2 is 1.83 bits per heavy atom. The Balaban J connectivity index is 0.000000659. The fraction of sp³-hybridized carbons (Fsp3) is 0.438. The number of hydrogen-bond donors (Lipinski definition) is 0. The van der Waals surface area contributed by atoms with Crippen molar-refractivity contribution in [3.8, 4) is 0 Å². The average molecular weight is 246 g/mol. The van der Waals surface area contributed by atoms with Crippen LogP contribution in [0.2, 0.25) is 0 Å². The molecule has 0 saturated heterocycles. The predicted octanol–water partition coefficient (Wildman–Crippen LogP) is 4.66. The van der Waals surface area contributed by atoms with Gasteiger partial charge in [0.15, 0.2) is 0 Å². The Morgan fingerprint density at radius 1 is 1.22 bits per heavy atom. The fourth-order valence-corrected chi connectivity index (χ4v) is 1.89. The molecule has 0 radical (unpaired) electrons. The molecule has 0 fully saturated rings. The summed E-state index contributed by atoms with van der Waals surface area (Å²) in [5, 5.41) is 5.64. The summed E-state index contributed by atoms with van der Waals surface area (Å²) in [5.41, 5.74) is 3.91. The minimum Gasteiger partial charge on any atom is -0.275 e. The second kappa shape index (κ2) is 8.51. The zero-order valence-corrected chi connectivity index (χ0v) is 12.5. The first-order valence-electron chi connectivity index (χ1n) is 6.63. The topological polar surface area (TPSA) is 17.8 Å². The SMILES string of the molecule is C=C.CC.CCCc1cc2cn(C)nc2cc1C. The minimum absolute atomic E-state index is 1.10. The molecule has 0 unspecified atom stereocenters. The lowest BCUT2D eigenvalue weighted by molar-refractivity contribution is 0.779. The number of hydrogen-bond acceptors (Lipinski definition) is 1. The van der Waals surface area contributed by atoms with Crippen LogP contribution in [0.4, 0.5) is 0 Å². The Morgan fingerprint density at radius 3 is 2.39 bits per heavy atom. The summed E-state index contributed by atoms with van der Waals surface area (Å²) in [5.74, 6) is 0. The summed E-state index contributed by atoms with van der Waals surface area (Å²) in [6.45, 7) is 14.4. The highest BCUT2D eigenvalue weighted by molar-refractivity contribution is 5.79. The van der Waals surface area contributed by atoms with E-state index >= 15 is 0 Å². The Bertz CT molecular complexity index is 469. The third-order valence-corrected chi connectivity index (χ3v) is 2.60. The summed E-state index contributed by atoms with van der Waals surface area (Å²) in [4.78, 5) is 0. The van der Waals surface area contributed by atoms with Gasteiger partial charge in [-0.2, -0.15) is 5.10 Å². The molecular formula is C16H26N2. The van der Waals surface area contributed by atoms with E-state index in [-0.39, 0.29) is 0 Å². The van der Waals surface area contributed by atoms with Crippen molar-refractivity contribution in [1.82, 2.24) is 9.78 Å². The molecule has 0 aliphatic heterocycles. The molecule has 0 N–H and O–H groups in total. The molecular weight excluding hydrogens is 220 g/mol. The van der Waals surface area contributed by atoms with Crippen molar-refractivity contribution in [3.63, 3.8) is 0 Å². The van der Waals surface area contributed by atoms with E-state index in [9.17, 15) is 0 Å². The van der Waals surface area contributed by atoms with Gasteiger partial charge in [-0.25, -0.2) is 0 Å². The molecule has 2 heteroatoms. The van der Waals surface area contributed by atoms with Crippen LogP contribution in [0.5, 0.6) is 0 Å². The van der Waals surface area contributed by atoms with Crippen LogP contribution in [0.25, 0.3) is 10.9 Å². The van der Waals surface area contributed by atoms with Gasteiger partial charge >= 0.3 is 0 Å². The summed E-state index contributed by atoms with van der Waals surface area (Å²) < 4.78 is 1.87. The minimum atomic E-state index is 1.10. The van der Waals surface area contributed by atoms with Crippen molar-refractivity contribution >= 4 is 10.9 Å². The second-order valence-electron chi connectivity index (χ2n) is 3.89. The van der Waals surface area contributed by atoms with Gasteiger partial charge in [0.1, 0.15) is 0 Å². The van der Waals surface area contributed by atoms with E-state index in [0.29, 0.717) is 0 Å². The molecule has 0 bridgehead atoms. The quantitative estimate of drug-likeness (QED) is 0.704. The fourth-order valence-electron chi connectivity index (χ4n) is 1.89. The molecule has 0 aliphatic rings. The van der Waals surface area contributed by atoms with E-state index in [4.69, 9.17) is 0 Å². The van der Waals surface area contributed by atoms with Gasteiger partial charge in [0.25, 0.3) is 0 Å². The van der Waals surface area contributed by atoms with E-state index < -0.39 is 0 Å². The maximum Gasteiger partial charge on any atom is 0.0926 e. The van der Waals surface area contributed by atoms with Gasteiger partial charge < -0.3 is 0 Å². The van der Waals surface area contributed by atoms with Crippen molar-refractivity contribution in [3.05, 3.63) is 42.6 Å². The van der Waals surface area contributed by atoms with Gasteiger partial charge in [0, 0.05) is 18.6 Å². The third kappa shape index (κ3) is 4.02. The molecule has 1 heterocycles. The van der Waals surface area contributed by atoms with Gasteiger partial charge in [-0.3, -0.25) is 4.68 Å². The van der Waals surface area contributed by atoms with Crippen molar-refractivity contribution in [2.75, 3.05) is 0 Å². The van der Waals surface area contributed by atoms with Gasteiger partial charge in [-0.15, -0.1) is 13.2 Å². The first kappa shape index (κ1) is 16.4. The lowest BCUT2D eigenvalue weighted by atomic mass is 10.0. The number of nitrogens with zero attached hydrogens (tertiary/aromatic N) is 2. The van der Waals surface area contributed by atoms with Crippen LogP contribution < -0.4 is 0 Å². The van der Waals surface area contributed by atoms with Crippen LogP contribution >= 0.6 is 0 Å². The molecule has 2 nitrogen and oxygen atoms in total. The molecule has 0 atom stereocenters. The zero-order valence-electron chi connectivity index (χ0n) is 12.5. The third-order valence-electron chi connectivity index (χ3n) is 2.60. The number of fused-ring (bicyclic) bond motifs is 1. The standard InChI is InChI=1S/C12H16N2.C2H6.C2H4/c1-4-5-10-7-11-8-14(3)13-12(11)6-9(10)2;2*1-2/h6-8H,4-5H2,1-3H3;1-2H3;1-2H2. The Kier molecular flexibility index (Phi) is 7.77. The number of rotatable bonds is 2. The van der Waals surface area contributed by atoms with E-state index in [2.05, 4.69) is 50.4 Å². The second-order valence-corrected chi connectivity index (χ2v) is 3.89. The summed E-state index contributed by atoms with van der Waals surface area (Å²) in [6, 6.07) is 4.45. The van der Waals surface area contributed by atoms with Crippen LogP contribution in [-0.2, 0) is 13.5 Å². The van der Waals surface area contributed by atoms with Crippen molar-refractivity contribution in [2.24, 2.45) is 7.05 Å².